The maximum absolute atomic E-state index is 14.0. The van der Waals surface area contributed by atoms with Crippen LogP contribution in [0.15, 0.2) is 18.2 Å². The quantitative estimate of drug-likeness (QED) is 0.245. The van der Waals surface area contributed by atoms with Gasteiger partial charge in [0.25, 0.3) is 0 Å². The Morgan fingerprint density at radius 2 is 1.66 bits per heavy atom. The van der Waals surface area contributed by atoms with Gasteiger partial charge < -0.3 is 9.47 Å². The van der Waals surface area contributed by atoms with Gasteiger partial charge in [-0.3, -0.25) is 15.0 Å². The summed E-state index contributed by atoms with van der Waals surface area (Å²) in [5.74, 6) is -10.3. The van der Waals surface area contributed by atoms with Crippen molar-refractivity contribution in [2.75, 3.05) is 18.6 Å². The Balaban J connectivity index is 0.00000176. The molecule has 0 radical (unpaired) electrons. The van der Waals surface area contributed by atoms with E-state index in [1.807, 2.05) is 13.8 Å². The molecule has 172 valence electrons. The molecule has 1 aliphatic heterocycles. The van der Waals surface area contributed by atoms with Crippen LogP contribution in [0.3, 0.4) is 0 Å². The Hall–Kier alpha value is -3.63. The van der Waals surface area contributed by atoms with Crippen LogP contribution in [0.4, 0.5) is 28.0 Å². The van der Waals surface area contributed by atoms with Crippen molar-refractivity contribution < 1.29 is 41.4 Å². The molecule has 7 nitrogen and oxygen atoms in total. The molecule has 0 saturated carbocycles. The van der Waals surface area contributed by atoms with Gasteiger partial charge in [0.2, 0.25) is 17.5 Å². The number of hydrogen-bond donors (Lipinski definition) is 1. The first-order chi connectivity index (χ1) is 15.1. The Morgan fingerprint density at radius 3 is 2.25 bits per heavy atom. The average molecular weight is 456 g/mol. The monoisotopic (exact) mass is 456 g/mol. The molecule has 1 fully saturated rings. The average Bonchev–Trinajstić information content (AvgIpc) is 2.80. The Bertz CT molecular complexity index is 1050. The van der Waals surface area contributed by atoms with E-state index in [1.165, 1.54) is 25.3 Å². The molecule has 2 aromatic rings. The number of nitrogens with zero attached hydrogens (tertiary/aromatic N) is 1. The Kier molecular flexibility index (Phi) is 7.79. The summed E-state index contributed by atoms with van der Waals surface area (Å²) < 4.78 is 64.4. The number of nitrogens with one attached hydrogen (secondary N) is 1. The SMILES string of the molecule is CC.COc1ccc(C(=O)Oc2c(C)c(F)c(F)c(F)c2F)cc1N1CCC(=O)NC1=O. The zero-order chi connectivity index (χ0) is 24.2. The summed E-state index contributed by atoms with van der Waals surface area (Å²) in [5.41, 5.74) is -0.854. The van der Waals surface area contributed by atoms with E-state index in [0.29, 0.717) is 0 Å². The highest BCUT2D eigenvalue weighted by Gasteiger charge is 2.29. The van der Waals surface area contributed by atoms with E-state index in [1.54, 1.807) is 0 Å². The molecule has 0 aromatic heterocycles. The van der Waals surface area contributed by atoms with Crippen molar-refractivity contribution in [3.05, 3.63) is 52.6 Å². The lowest BCUT2D eigenvalue weighted by atomic mass is 10.1. The van der Waals surface area contributed by atoms with E-state index >= 15 is 0 Å². The zero-order valence-corrected chi connectivity index (χ0v) is 17.6. The van der Waals surface area contributed by atoms with Crippen molar-refractivity contribution in [2.24, 2.45) is 0 Å². The fraction of sp³-hybridized carbons (Fsp3) is 0.286. The molecule has 32 heavy (non-hydrogen) atoms. The van der Waals surface area contributed by atoms with Crippen LogP contribution >= 0.6 is 0 Å². The van der Waals surface area contributed by atoms with Crippen LogP contribution in [0.1, 0.15) is 36.2 Å². The summed E-state index contributed by atoms with van der Waals surface area (Å²) >= 11 is 0. The summed E-state index contributed by atoms with van der Waals surface area (Å²) in [5, 5.41) is 2.11. The summed E-state index contributed by atoms with van der Waals surface area (Å²) in [6.07, 6.45) is 0.00209. The van der Waals surface area contributed by atoms with Crippen LogP contribution in [-0.2, 0) is 4.79 Å². The third-order valence-corrected chi connectivity index (χ3v) is 4.40. The van der Waals surface area contributed by atoms with Crippen LogP contribution < -0.4 is 19.7 Å². The van der Waals surface area contributed by atoms with Gasteiger partial charge in [-0.1, -0.05) is 13.8 Å². The van der Waals surface area contributed by atoms with Gasteiger partial charge in [-0.25, -0.2) is 22.8 Å². The number of ether oxygens (including phenoxy) is 2. The number of amides is 3. The van der Waals surface area contributed by atoms with Crippen molar-refractivity contribution in [3.63, 3.8) is 0 Å². The van der Waals surface area contributed by atoms with Gasteiger partial charge in [-0.2, -0.15) is 4.39 Å². The topological polar surface area (TPSA) is 84.9 Å². The number of imide groups is 1. The second-order valence-corrected chi connectivity index (χ2v) is 6.24. The summed E-state index contributed by atoms with van der Waals surface area (Å²) in [7, 11) is 1.31. The number of halogens is 4. The smallest absolute Gasteiger partial charge is 0.343 e. The minimum atomic E-state index is -2.12. The van der Waals surface area contributed by atoms with Crippen LogP contribution in [0.5, 0.6) is 11.5 Å². The lowest BCUT2D eigenvalue weighted by Gasteiger charge is -2.28. The molecule has 0 aliphatic carbocycles. The Labute approximate surface area is 180 Å². The second kappa shape index (κ2) is 10.1. The number of urea groups is 1. The van der Waals surface area contributed by atoms with Crippen LogP contribution in [0.25, 0.3) is 0 Å². The Morgan fingerprint density at radius 1 is 1.03 bits per heavy atom. The van der Waals surface area contributed by atoms with Crippen molar-refractivity contribution in [2.45, 2.75) is 27.2 Å². The van der Waals surface area contributed by atoms with E-state index in [9.17, 15) is 31.9 Å². The summed E-state index contributed by atoms with van der Waals surface area (Å²) in [6, 6.07) is 2.94. The number of hydrogen-bond acceptors (Lipinski definition) is 5. The molecular weight excluding hydrogens is 436 g/mol. The molecule has 11 heteroatoms. The number of rotatable bonds is 4. The summed E-state index contributed by atoms with van der Waals surface area (Å²) in [6.45, 7) is 4.92. The van der Waals surface area contributed by atoms with E-state index in [4.69, 9.17) is 9.47 Å². The number of benzene rings is 2. The molecular formula is C21H20F4N2O5. The first kappa shape index (κ1) is 24.6. The number of esters is 1. The third-order valence-electron chi connectivity index (χ3n) is 4.40. The maximum atomic E-state index is 14.0. The predicted molar refractivity (Wildman–Crippen MR) is 106 cm³/mol. The zero-order valence-electron chi connectivity index (χ0n) is 17.6. The number of carbonyl (C=O) groups excluding carboxylic acids is 3. The molecule has 2 aromatic carbocycles. The lowest BCUT2D eigenvalue weighted by molar-refractivity contribution is -0.120. The van der Waals surface area contributed by atoms with Gasteiger partial charge in [0.1, 0.15) is 5.75 Å². The number of methoxy groups -OCH3 is 1. The van der Waals surface area contributed by atoms with Gasteiger partial charge in [-0.05, 0) is 25.1 Å². The van der Waals surface area contributed by atoms with E-state index in [0.717, 1.165) is 11.8 Å². The second-order valence-electron chi connectivity index (χ2n) is 6.24. The number of carbonyl (C=O) groups is 3. The van der Waals surface area contributed by atoms with Gasteiger partial charge in [0.05, 0.1) is 18.4 Å². The van der Waals surface area contributed by atoms with Crippen LogP contribution in [0.2, 0.25) is 0 Å². The molecule has 3 rings (SSSR count). The standard InChI is InChI=1S/C19H14F4N2O5.C2H6/c1-8-13(20)14(21)15(22)16(23)17(8)30-18(27)9-3-4-11(29-2)10(7-9)25-6-5-12(26)24-19(25)28;1-2/h3-4,7H,5-6H2,1-2H3,(H,24,26,28);1-2H3. The van der Waals surface area contributed by atoms with Crippen molar-refractivity contribution in [3.8, 4) is 11.5 Å². The molecule has 0 spiro atoms. The highest BCUT2D eigenvalue weighted by atomic mass is 19.2. The van der Waals surface area contributed by atoms with Crippen molar-refractivity contribution in [1.82, 2.24) is 5.32 Å². The van der Waals surface area contributed by atoms with Crippen molar-refractivity contribution >= 4 is 23.6 Å². The van der Waals surface area contributed by atoms with E-state index in [2.05, 4.69) is 5.32 Å². The summed E-state index contributed by atoms with van der Waals surface area (Å²) in [4.78, 5) is 37.0. The molecule has 1 N–H and O–H groups in total. The highest BCUT2D eigenvalue weighted by Crippen LogP contribution is 2.33. The fourth-order valence-corrected chi connectivity index (χ4v) is 2.82. The lowest BCUT2D eigenvalue weighted by Crippen LogP contribution is -2.49. The van der Waals surface area contributed by atoms with E-state index < -0.39 is 52.5 Å². The van der Waals surface area contributed by atoms with Gasteiger partial charge in [0.15, 0.2) is 17.4 Å². The molecule has 0 bridgehead atoms. The van der Waals surface area contributed by atoms with Crippen molar-refractivity contribution in [1.29, 1.82) is 0 Å². The first-order valence-corrected chi connectivity index (χ1v) is 9.49. The van der Waals surface area contributed by atoms with Gasteiger partial charge in [0, 0.05) is 18.5 Å². The normalized spacial score (nSPS) is 13.2. The van der Waals surface area contributed by atoms with Crippen LogP contribution in [-0.4, -0.2) is 31.6 Å². The predicted octanol–water partition coefficient (Wildman–Crippen LogP) is 4.25. The first-order valence-electron chi connectivity index (χ1n) is 9.49. The van der Waals surface area contributed by atoms with Crippen LogP contribution in [0, 0.1) is 30.2 Å². The highest BCUT2D eigenvalue weighted by molar-refractivity contribution is 6.07. The minimum Gasteiger partial charge on any atom is -0.495 e. The van der Waals surface area contributed by atoms with Gasteiger partial charge >= 0.3 is 12.0 Å². The molecule has 0 atom stereocenters. The molecule has 1 saturated heterocycles. The van der Waals surface area contributed by atoms with Gasteiger partial charge in [-0.15, -0.1) is 0 Å². The number of anilines is 1. The largest absolute Gasteiger partial charge is 0.495 e. The minimum absolute atomic E-state index is 0.00164. The third kappa shape index (κ3) is 4.66. The fourth-order valence-electron chi connectivity index (χ4n) is 2.82. The molecule has 0 unspecified atom stereocenters. The molecule has 1 aliphatic rings. The van der Waals surface area contributed by atoms with E-state index in [-0.39, 0.29) is 30.0 Å². The molecule has 3 amide bonds. The maximum Gasteiger partial charge on any atom is 0.343 e. The molecule has 1 heterocycles.